The van der Waals surface area contributed by atoms with E-state index in [4.69, 9.17) is 96.6 Å². The molecule has 0 amide bonds. The summed E-state index contributed by atoms with van der Waals surface area (Å²) >= 11 is 0. The quantitative estimate of drug-likeness (QED) is 0.0466. The van der Waals surface area contributed by atoms with E-state index in [2.05, 4.69) is 25.8 Å². The van der Waals surface area contributed by atoms with Gasteiger partial charge in [0.1, 0.15) is 61.0 Å². The highest BCUT2D eigenvalue weighted by atomic mass is 16.5. The fourth-order valence-electron chi connectivity index (χ4n) is 4.59. The summed E-state index contributed by atoms with van der Waals surface area (Å²) in [5, 5.41) is 76.8. The number of aromatic amines is 1. The Bertz CT molecular complexity index is 2100. The molecule has 34 heteroatoms. The lowest BCUT2D eigenvalue weighted by Gasteiger charge is -2.20. The van der Waals surface area contributed by atoms with Crippen LogP contribution in [0.25, 0.3) is 0 Å². The van der Waals surface area contributed by atoms with E-state index in [9.17, 15) is 52.7 Å². The van der Waals surface area contributed by atoms with Gasteiger partial charge in [-0.15, -0.1) is 0 Å². The van der Waals surface area contributed by atoms with Gasteiger partial charge in [0.2, 0.25) is 0 Å². The summed E-state index contributed by atoms with van der Waals surface area (Å²) in [4.78, 5) is 118. The Hall–Kier alpha value is -7.80. The number of carbonyl (C=O) groups is 11. The van der Waals surface area contributed by atoms with Crippen molar-refractivity contribution in [2.75, 3.05) is 26.2 Å². The number of carboxylic acid groups (broad SMARTS) is 9. The van der Waals surface area contributed by atoms with Crippen LogP contribution in [0.4, 0.5) is 0 Å². The Balaban J connectivity index is -0.000000272. The van der Waals surface area contributed by atoms with Crippen molar-refractivity contribution in [3.8, 4) is 0 Å². The molecule has 3 rings (SSSR count). The molecule has 0 aliphatic carbocycles. The number of carboxylic acids is 9. The van der Waals surface area contributed by atoms with Gasteiger partial charge in [-0.25, -0.2) is 4.98 Å². The Kier molecular flexibility index (Phi) is 47.8. The number of ether oxygens (including phenoxy) is 2. The number of nitrogens with one attached hydrogen (secondary N) is 2. The van der Waals surface area contributed by atoms with Crippen LogP contribution >= 0.6 is 0 Å². The summed E-state index contributed by atoms with van der Waals surface area (Å²) in [5.74, 6) is -10.5. The van der Waals surface area contributed by atoms with Crippen molar-refractivity contribution in [2.24, 2.45) is 63.4 Å². The van der Waals surface area contributed by atoms with Crippen LogP contribution in [0, 0.1) is 11.8 Å². The zero-order valence-electron chi connectivity index (χ0n) is 44.9. The third-order valence-electron chi connectivity index (χ3n) is 9.20. The second-order valence-corrected chi connectivity index (χ2v) is 17.2. The number of aliphatic carboxylic acids is 9. The van der Waals surface area contributed by atoms with E-state index in [1.165, 1.54) is 13.3 Å². The third-order valence-corrected chi connectivity index (χ3v) is 9.20. The van der Waals surface area contributed by atoms with Crippen LogP contribution in [0.5, 0.6) is 0 Å². The number of rotatable bonds is 23. The minimum Gasteiger partial charge on any atom is -0.481 e. The number of H-pyrrole nitrogens is 1. The lowest BCUT2D eigenvalue weighted by molar-refractivity contribution is -0.155. The number of nitrogens with two attached hydrogens (primary N) is 9. The summed E-state index contributed by atoms with van der Waals surface area (Å²) in [7, 11) is 0. The van der Waals surface area contributed by atoms with Gasteiger partial charge >= 0.3 is 65.7 Å². The largest absolute Gasteiger partial charge is 0.481 e. The maximum atomic E-state index is 11.4. The van der Waals surface area contributed by atoms with Gasteiger partial charge in [-0.3, -0.25) is 52.7 Å². The first kappa shape index (κ1) is 81.1. The molecule has 34 nitrogen and oxygen atoms in total. The number of carbonyl (C=O) groups excluding carboxylic acids is 2. The van der Waals surface area contributed by atoms with E-state index in [1.807, 2.05) is 44.2 Å². The second-order valence-electron chi connectivity index (χ2n) is 17.2. The monoisotopic (exact) mass is 1150 g/mol. The molecule has 0 bridgehead atoms. The van der Waals surface area contributed by atoms with Gasteiger partial charge in [0.25, 0.3) is 0 Å². The summed E-state index contributed by atoms with van der Waals surface area (Å²) in [6.07, 6.45) is 4.58. The molecule has 29 N–H and O–H groups in total. The summed E-state index contributed by atoms with van der Waals surface area (Å²) < 4.78 is 9.21. The van der Waals surface area contributed by atoms with Crippen molar-refractivity contribution in [3.63, 3.8) is 0 Å². The predicted octanol–water partition coefficient (Wildman–Crippen LogP) is -4.61. The number of hydrogen-bond acceptors (Lipinski definition) is 24. The van der Waals surface area contributed by atoms with Gasteiger partial charge in [-0.2, -0.15) is 0 Å². The molecule has 1 aliphatic heterocycles. The van der Waals surface area contributed by atoms with E-state index < -0.39 is 120 Å². The minimum absolute atomic E-state index is 0.0208. The molecular weight excluding hydrogens is 1070 g/mol. The lowest BCUT2D eigenvalue weighted by atomic mass is 10.0. The SMILES string of the molecule is CC(C)C[C@H](N)C(=O)O[C@H](C)[C@H](N)C(=O)O.CC(C)[C@H](N)C(=O)O.NCC(=O)O.NCC(=O)OC[C@H](N)C(=O)O.N[C@@H](CC(=O)O)C(=O)O.N[C@@H](Cc1ccccc1)C(=O)O.N[C@@H](Cc1cnc[nH]1)C(=O)O.O=C(O)[C@@H]1CCCN1. The number of nitrogens with zero attached hydrogens (tertiary/aromatic N) is 1. The van der Waals surface area contributed by atoms with E-state index in [-0.39, 0.29) is 44.0 Å². The van der Waals surface area contributed by atoms with Gasteiger partial charge in [-0.05, 0) is 56.6 Å². The lowest BCUT2D eigenvalue weighted by Crippen LogP contribution is -2.45. The van der Waals surface area contributed by atoms with Crippen LogP contribution in [0.1, 0.15) is 71.6 Å². The Labute approximate surface area is 459 Å². The molecule has 0 spiro atoms. The van der Waals surface area contributed by atoms with Gasteiger partial charge < -0.3 is 117 Å². The summed E-state index contributed by atoms with van der Waals surface area (Å²) in [5.41, 5.74) is 47.6. The van der Waals surface area contributed by atoms with Crippen LogP contribution < -0.4 is 56.9 Å². The van der Waals surface area contributed by atoms with Crippen molar-refractivity contribution in [2.45, 2.75) is 128 Å². The normalized spacial score (nSPS) is 14.7. The fourth-order valence-corrected chi connectivity index (χ4v) is 4.59. The second kappa shape index (κ2) is 47.2. The van der Waals surface area contributed by atoms with Crippen molar-refractivity contribution in [1.29, 1.82) is 0 Å². The predicted molar refractivity (Wildman–Crippen MR) is 282 cm³/mol. The van der Waals surface area contributed by atoms with Crippen molar-refractivity contribution in [3.05, 3.63) is 54.1 Å². The highest BCUT2D eigenvalue weighted by Gasteiger charge is 2.26. The summed E-state index contributed by atoms with van der Waals surface area (Å²) in [6.45, 7) is 8.81. The number of esters is 2. The van der Waals surface area contributed by atoms with Crippen molar-refractivity contribution < 1.29 is 108 Å². The van der Waals surface area contributed by atoms with E-state index in [0.717, 1.165) is 30.6 Å². The topological polar surface area (TPSA) is 663 Å². The van der Waals surface area contributed by atoms with Crippen molar-refractivity contribution in [1.82, 2.24) is 15.3 Å². The molecule has 0 saturated carbocycles. The van der Waals surface area contributed by atoms with Crippen LogP contribution in [-0.4, -0.2) is 202 Å². The fraction of sp³-hybridized carbons (Fsp3) is 0.565. The molecule has 458 valence electrons. The first-order valence-corrected chi connectivity index (χ1v) is 23.7. The number of imidazole rings is 1. The standard InChI is InChI=1S/C10H20N2O4.C9H11NO2.C6H9N3O2.C5H10N2O4.C5H9NO2.C5H11NO2.C4H7NO4.C2H5NO2/c1-5(2)4-7(11)10(15)16-6(3)8(12)9(13)14;10-8(9(11)12)6-7-4-2-1-3-5-7;7-5(6(10)11)1-4-2-8-3-9-4;6-1-4(8)11-2-3(7)5(9)10;7-5(8)4-2-1-3-6-4;1-3(2)4(6)5(7)8;5-2(4(8)9)1-3(6)7;3-1-2(4)5/h5-8H,4,11-12H2,1-3H3,(H,13,14);1-5,8H,6,10H2,(H,11,12);2-3,5H,1,7H2,(H,8,9)(H,10,11);3H,1-2,6-7H2,(H,9,10);4,6H,1-3H2,(H,7,8);3-4H,6H2,1-2H3,(H,7,8);2H,1,5H2,(H,6,7)(H,8,9);1,3H2,(H,4,5)/t6-,7+,8+;8-;5-;3-;2*4-;2-;/m1000000./s1. The molecule has 0 unspecified atom stereocenters. The van der Waals surface area contributed by atoms with Gasteiger partial charge in [0, 0.05) is 18.3 Å². The molecule has 80 heavy (non-hydrogen) atoms. The number of aromatic nitrogens is 2. The number of benzene rings is 1. The first-order valence-electron chi connectivity index (χ1n) is 23.7. The van der Waals surface area contributed by atoms with Gasteiger partial charge in [0.05, 0.1) is 25.8 Å². The molecule has 1 aromatic carbocycles. The van der Waals surface area contributed by atoms with Crippen LogP contribution in [0.2, 0.25) is 0 Å². The third kappa shape index (κ3) is 48.6. The molecule has 2 heterocycles. The number of hydrogen-bond donors (Lipinski definition) is 20. The Morgan fingerprint density at radius 2 is 1.09 bits per heavy atom. The smallest absolute Gasteiger partial charge is 0.324 e. The average Bonchev–Trinajstić information content (AvgIpc) is 4.12. The van der Waals surface area contributed by atoms with E-state index >= 15 is 0 Å². The maximum absolute atomic E-state index is 11.4. The zero-order valence-corrected chi connectivity index (χ0v) is 44.9. The van der Waals surface area contributed by atoms with Crippen LogP contribution in [-0.2, 0) is 75.1 Å². The summed E-state index contributed by atoms with van der Waals surface area (Å²) in [6, 6.07) is 2.29. The maximum Gasteiger partial charge on any atom is 0.324 e. The average molecular weight is 1160 g/mol. The molecule has 2 aromatic rings. The molecule has 0 radical (unpaired) electrons. The highest BCUT2D eigenvalue weighted by Crippen LogP contribution is 2.07. The van der Waals surface area contributed by atoms with E-state index in [1.54, 1.807) is 20.0 Å². The van der Waals surface area contributed by atoms with Crippen LogP contribution in [0.15, 0.2) is 42.9 Å². The first-order chi connectivity index (χ1) is 36.9. The Morgan fingerprint density at radius 1 is 0.613 bits per heavy atom. The van der Waals surface area contributed by atoms with Crippen molar-refractivity contribution >= 4 is 65.7 Å². The molecule has 9 atom stereocenters. The molecular formula is C46H82N12O22. The highest BCUT2D eigenvalue weighted by molar-refractivity contribution is 5.80. The molecule has 1 aliphatic rings. The van der Waals surface area contributed by atoms with Gasteiger partial charge in [-0.1, -0.05) is 58.0 Å². The molecule has 1 aromatic heterocycles. The van der Waals surface area contributed by atoms with E-state index in [0.29, 0.717) is 12.8 Å². The molecule has 1 fully saturated rings. The Morgan fingerprint density at radius 3 is 1.39 bits per heavy atom. The zero-order chi connectivity index (χ0) is 63.4. The minimum atomic E-state index is -1.29. The molecule has 1 saturated heterocycles. The van der Waals surface area contributed by atoms with Crippen LogP contribution in [0.3, 0.4) is 0 Å². The van der Waals surface area contributed by atoms with Gasteiger partial charge in [0.15, 0.2) is 0 Å².